The zero-order valence-electron chi connectivity index (χ0n) is 19.5. The van der Waals surface area contributed by atoms with Crippen LogP contribution >= 0.6 is 0 Å². The molecule has 2 aliphatic rings. The predicted molar refractivity (Wildman–Crippen MR) is 130 cm³/mol. The van der Waals surface area contributed by atoms with E-state index in [1.165, 1.54) is 0 Å². The van der Waals surface area contributed by atoms with E-state index in [0.717, 1.165) is 17.5 Å². The Morgan fingerprint density at radius 1 is 1.32 bits per heavy atom. The van der Waals surface area contributed by atoms with Crippen LogP contribution in [0.5, 0.6) is 5.75 Å². The van der Waals surface area contributed by atoms with E-state index in [1.54, 1.807) is 16.8 Å². The lowest BCUT2D eigenvalue weighted by molar-refractivity contribution is 0.119. The van der Waals surface area contributed by atoms with Crippen LogP contribution in [0.25, 0.3) is 28.9 Å². The number of nitrogens with one attached hydrogen (secondary N) is 2. The van der Waals surface area contributed by atoms with Crippen LogP contribution < -0.4 is 30.8 Å². The fourth-order valence-electron chi connectivity index (χ4n) is 4.39. The molecule has 2 N–H and O–H groups in total. The number of rotatable bonds is 5. The Morgan fingerprint density at radius 2 is 2.15 bits per heavy atom. The van der Waals surface area contributed by atoms with Crippen molar-refractivity contribution < 1.29 is 9.13 Å². The summed E-state index contributed by atoms with van der Waals surface area (Å²) in [5.74, 6) is 1.17. The van der Waals surface area contributed by atoms with Crippen LogP contribution in [0.3, 0.4) is 0 Å². The lowest BCUT2D eigenvalue weighted by Gasteiger charge is -2.30. The molecule has 0 bridgehead atoms. The van der Waals surface area contributed by atoms with Gasteiger partial charge >= 0.3 is 0 Å². The maximum absolute atomic E-state index is 15.2. The Kier molecular flexibility index (Phi) is 5.91. The molecule has 0 amide bonds. The highest BCUT2D eigenvalue weighted by atomic mass is 19.1. The summed E-state index contributed by atoms with van der Waals surface area (Å²) in [6, 6.07) is 3.84. The van der Waals surface area contributed by atoms with Crippen molar-refractivity contribution in [3.8, 4) is 17.3 Å². The molecule has 0 unspecified atom stereocenters. The van der Waals surface area contributed by atoms with Crippen molar-refractivity contribution in [1.29, 1.82) is 0 Å². The Labute approximate surface area is 197 Å². The molecule has 3 aromatic heterocycles. The fourth-order valence-corrected chi connectivity index (χ4v) is 4.39. The largest absolute Gasteiger partial charge is 0.486 e. The van der Waals surface area contributed by atoms with Gasteiger partial charge in [0.25, 0.3) is 0 Å². The van der Waals surface area contributed by atoms with Gasteiger partial charge < -0.3 is 20.3 Å². The van der Waals surface area contributed by atoms with Gasteiger partial charge in [0.1, 0.15) is 23.7 Å². The van der Waals surface area contributed by atoms with E-state index in [-0.39, 0.29) is 6.54 Å². The van der Waals surface area contributed by atoms with Gasteiger partial charge in [-0.3, -0.25) is 0 Å². The summed E-state index contributed by atoms with van der Waals surface area (Å²) in [7, 11) is 2.00. The minimum absolute atomic E-state index is 0.206. The summed E-state index contributed by atoms with van der Waals surface area (Å²) in [5, 5.41) is 21.3. The molecule has 0 aromatic carbocycles. The molecule has 1 fully saturated rings. The standard InChI is InChI=1S/C24H29FN8O/c1-4-16-6-7-18(29-20(16)17(5-2)27-15-24(25)8-10-26-11-9-24)22-30-31-23-21-19(14-28-33(22)23)32(3)12-13-34-21/h4-7,14,26-27H,2,8-13,15H2,1,3H3/b16-4-,20-17-. The number of aromatic nitrogens is 5. The third-order valence-electron chi connectivity index (χ3n) is 6.48. The first-order valence-electron chi connectivity index (χ1n) is 11.6. The lowest BCUT2D eigenvalue weighted by Crippen LogP contribution is -2.46. The molecule has 10 heteroatoms. The number of piperidine rings is 1. The first kappa shape index (κ1) is 22.3. The van der Waals surface area contributed by atoms with Crippen molar-refractivity contribution in [3.63, 3.8) is 0 Å². The Hall–Kier alpha value is -3.53. The zero-order chi connectivity index (χ0) is 23.7. The molecule has 0 spiro atoms. The third-order valence-corrected chi connectivity index (χ3v) is 6.48. The van der Waals surface area contributed by atoms with Crippen molar-refractivity contribution in [3.05, 3.63) is 41.6 Å². The first-order chi connectivity index (χ1) is 16.5. The molecule has 2 aliphatic heterocycles. The smallest absolute Gasteiger partial charge is 0.222 e. The van der Waals surface area contributed by atoms with Crippen LogP contribution in [0, 0.1) is 0 Å². The van der Waals surface area contributed by atoms with Crippen LogP contribution in [-0.4, -0.2) is 70.3 Å². The molecule has 9 nitrogen and oxygen atoms in total. The minimum atomic E-state index is -1.26. The van der Waals surface area contributed by atoms with Gasteiger partial charge in [-0.1, -0.05) is 18.7 Å². The topological polar surface area (TPSA) is 92.5 Å². The van der Waals surface area contributed by atoms with E-state index < -0.39 is 5.67 Å². The quantitative estimate of drug-likeness (QED) is 0.573. The average Bonchev–Trinajstić information content (AvgIpc) is 3.30. The van der Waals surface area contributed by atoms with Gasteiger partial charge in [0.05, 0.1) is 23.8 Å². The highest BCUT2D eigenvalue weighted by Gasteiger charge is 2.31. The number of nitrogens with zero attached hydrogens (tertiary/aromatic N) is 6. The highest BCUT2D eigenvalue weighted by Crippen LogP contribution is 2.33. The maximum atomic E-state index is 15.2. The van der Waals surface area contributed by atoms with Crippen molar-refractivity contribution in [2.75, 3.05) is 44.7 Å². The lowest BCUT2D eigenvalue weighted by atomic mass is 9.94. The first-order valence-corrected chi connectivity index (χ1v) is 11.6. The van der Waals surface area contributed by atoms with Crippen LogP contribution in [0.2, 0.25) is 0 Å². The Morgan fingerprint density at radius 3 is 2.91 bits per heavy atom. The predicted octanol–water partition coefficient (Wildman–Crippen LogP) is 0.791. The van der Waals surface area contributed by atoms with Crippen LogP contribution in [-0.2, 0) is 0 Å². The van der Waals surface area contributed by atoms with Gasteiger partial charge in [-0.05, 0) is 50.2 Å². The molecule has 0 saturated carbocycles. The number of hydrogen-bond acceptors (Lipinski definition) is 8. The van der Waals surface area contributed by atoms with Gasteiger partial charge in [0, 0.05) is 13.6 Å². The monoisotopic (exact) mass is 464 g/mol. The maximum Gasteiger partial charge on any atom is 0.222 e. The summed E-state index contributed by atoms with van der Waals surface area (Å²) in [4.78, 5) is 6.95. The molecule has 5 rings (SSSR count). The zero-order valence-corrected chi connectivity index (χ0v) is 19.5. The molecule has 5 heterocycles. The fraction of sp³-hybridized carbons (Fsp3) is 0.417. The number of fused-ring (bicyclic) bond motifs is 3. The number of anilines is 1. The second-order valence-electron chi connectivity index (χ2n) is 8.68. The number of halogens is 1. The number of alkyl halides is 1. The van der Waals surface area contributed by atoms with Crippen LogP contribution in [0.1, 0.15) is 19.8 Å². The van der Waals surface area contributed by atoms with Gasteiger partial charge in [0.15, 0.2) is 5.75 Å². The summed E-state index contributed by atoms with van der Waals surface area (Å²) >= 11 is 0. The molecule has 0 atom stereocenters. The van der Waals surface area contributed by atoms with E-state index in [1.807, 2.05) is 32.2 Å². The molecule has 0 aliphatic carbocycles. The Bertz CT molecular complexity index is 1340. The van der Waals surface area contributed by atoms with E-state index in [2.05, 4.69) is 37.4 Å². The number of pyridine rings is 1. The van der Waals surface area contributed by atoms with Gasteiger partial charge in [0.2, 0.25) is 11.5 Å². The minimum Gasteiger partial charge on any atom is -0.486 e. The summed E-state index contributed by atoms with van der Waals surface area (Å²) < 4.78 is 22.7. The van der Waals surface area contributed by atoms with Crippen LogP contribution in [0.4, 0.5) is 10.1 Å². The van der Waals surface area contributed by atoms with E-state index in [0.29, 0.717) is 66.5 Å². The van der Waals surface area contributed by atoms with Gasteiger partial charge in [-0.15, -0.1) is 10.2 Å². The van der Waals surface area contributed by atoms with Crippen molar-refractivity contribution in [2.45, 2.75) is 25.4 Å². The molecular formula is C24H29FN8O. The Balaban J connectivity index is 1.57. The second kappa shape index (κ2) is 9.02. The molecule has 3 aromatic rings. The van der Waals surface area contributed by atoms with E-state index in [4.69, 9.17) is 9.72 Å². The van der Waals surface area contributed by atoms with Crippen LogP contribution in [0.15, 0.2) is 31.0 Å². The third kappa shape index (κ3) is 3.98. The molecule has 0 radical (unpaired) electrons. The van der Waals surface area contributed by atoms with E-state index >= 15 is 4.39 Å². The normalized spacial score (nSPS) is 18.9. The van der Waals surface area contributed by atoms with Gasteiger partial charge in [-0.2, -0.15) is 9.61 Å². The molecule has 34 heavy (non-hydrogen) atoms. The van der Waals surface area contributed by atoms with Gasteiger partial charge in [-0.25, -0.2) is 9.37 Å². The van der Waals surface area contributed by atoms with Crippen molar-refractivity contribution >= 4 is 23.1 Å². The van der Waals surface area contributed by atoms with Crippen molar-refractivity contribution in [2.24, 2.45) is 0 Å². The molecule has 1 saturated heterocycles. The second-order valence-corrected chi connectivity index (χ2v) is 8.68. The highest BCUT2D eigenvalue weighted by molar-refractivity contribution is 5.72. The molecular weight excluding hydrogens is 435 g/mol. The number of ether oxygens (including phenoxy) is 1. The summed E-state index contributed by atoms with van der Waals surface area (Å²) in [5.41, 5.74) is 1.45. The SMILES string of the molecule is C=C/C(NCC1(F)CCNCC1)=c1/nc(-c2nnc3c4c(cnn23)N(C)CCO4)cc/c1=C/C. The molecule has 178 valence electrons. The summed E-state index contributed by atoms with van der Waals surface area (Å²) in [6.07, 6.45) is 6.36. The van der Waals surface area contributed by atoms with E-state index in [9.17, 15) is 0 Å². The number of hydrogen-bond donors (Lipinski definition) is 2. The summed E-state index contributed by atoms with van der Waals surface area (Å²) in [6.45, 7) is 8.81. The van der Waals surface area contributed by atoms with Crippen molar-refractivity contribution in [1.82, 2.24) is 35.4 Å². The number of likely N-dealkylation sites (N-methyl/N-ethyl adjacent to an activating group) is 1. The average molecular weight is 465 g/mol.